The number of nitrogens with two attached hydrogens (primary N) is 1. The second-order valence-electron chi connectivity index (χ2n) is 3.54. The maximum Gasteiger partial charge on any atom is 0.163 e. The van der Waals surface area contributed by atoms with Crippen molar-refractivity contribution in [1.82, 2.24) is 0 Å². The van der Waals surface area contributed by atoms with Crippen LogP contribution >= 0.6 is 0 Å². The van der Waals surface area contributed by atoms with Gasteiger partial charge in [0, 0.05) is 0 Å². The van der Waals surface area contributed by atoms with Gasteiger partial charge in [-0.15, -0.1) is 0 Å². The Labute approximate surface area is 66.3 Å². The van der Waals surface area contributed by atoms with Gasteiger partial charge in [0.15, 0.2) is 5.79 Å². The second kappa shape index (κ2) is 2.42. The van der Waals surface area contributed by atoms with E-state index in [4.69, 9.17) is 15.2 Å². The molecule has 0 aromatic heterocycles. The number of hydrogen-bond donors (Lipinski definition) is 2. The molecular weight excluding hydrogens is 146 g/mol. The van der Waals surface area contributed by atoms with Gasteiger partial charge < -0.3 is 20.3 Å². The first-order valence-electron chi connectivity index (χ1n) is 3.64. The fourth-order valence-electron chi connectivity index (χ4n) is 0.975. The molecule has 0 saturated carbocycles. The standard InChI is InChI=1S/C7H15NO3/c1-6(2)10-4-5(11-6)7(3,8)9/h5,9H,4,8H2,1-3H3. The summed E-state index contributed by atoms with van der Waals surface area (Å²) in [6, 6.07) is 0. The van der Waals surface area contributed by atoms with Gasteiger partial charge in [0.2, 0.25) is 0 Å². The van der Waals surface area contributed by atoms with Crippen molar-refractivity contribution in [2.24, 2.45) is 5.73 Å². The van der Waals surface area contributed by atoms with Crippen molar-refractivity contribution in [1.29, 1.82) is 0 Å². The van der Waals surface area contributed by atoms with Crippen molar-refractivity contribution in [3.63, 3.8) is 0 Å². The molecule has 66 valence electrons. The number of ether oxygens (including phenoxy) is 2. The molecule has 0 radical (unpaired) electrons. The van der Waals surface area contributed by atoms with Crippen LogP contribution in [0.25, 0.3) is 0 Å². The monoisotopic (exact) mass is 161 g/mol. The summed E-state index contributed by atoms with van der Waals surface area (Å²) in [6.45, 7) is 5.43. The summed E-state index contributed by atoms with van der Waals surface area (Å²) in [6.07, 6.45) is -0.433. The maximum atomic E-state index is 9.32. The Kier molecular flexibility index (Phi) is 1.96. The summed E-state index contributed by atoms with van der Waals surface area (Å²) < 4.78 is 10.5. The summed E-state index contributed by atoms with van der Waals surface area (Å²) in [5, 5.41) is 9.32. The third-order valence-corrected chi connectivity index (χ3v) is 1.66. The lowest BCUT2D eigenvalue weighted by Gasteiger charge is -2.25. The highest BCUT2D eigenvalue weighted by molar-refractivity contribution is 4.82. The molecule has 4 heteroatoms. The first-order chi connectivity index (χ1) is 4.81. The molecule has 3 N–H and O–H groups in total. The van der Waals surface area contributed by atoms with E-state index in [1.807, 2.05) is 0 Å². The molecule has 0 aromatic carbocycles. The number of hydrogen-bond acceptors (Lipinski definition) is 4. The van der Waals surface area contributed by atoms with Crippen molar-refractivity contribution in [3.05, 3.63) is 0 Å². The predicted octanol–water partition coefficient (Wildman–Crippen LogP) is -0.195. The highest BCUT2D eigenvalue weighted by atomic mass is 16.7. The Morgan fingerprint density at radius 2 is 2.18 bits per heavy atom. The van der Waals surface area contributed by atoms with Crippen molar-refractivity contribution >= 4 is 0 Å². The van der Waals surface area contributed by atoms with E-state index in [0.29, 0.717) is 6.61 Å². The first kappa shape index (κ1) is 8.93. The van der Waals surface area contributed by atoms with E-state index < -0.39 is 17.6 Å². The van der Waals surface area contributed by atoms with Crippen LogP contribution < -0.4 is 5.73 Å². The number of aliphatic hydroxyl groups is 1. The minimum Gasteiger partial charge on any atom is -0.374 e. The Morgan fingerprint density at radius 3 is 2.36 bits per heavy atom. The zero-order valence-electron chi connectivity index (χ0n) is 7.13. The molecule has 1 saturated heterocycles. The van der Waals surface area contributed by atoms with Gasteiger partial charge in [0.1, 0.15) is 11.8 Å². The molecule has 1 fully saturated rings. The van der Waals surface area contributed by atoms with Crippen molar-refractivity contribution < 1.29 is 14.6 Å². The van der Waals surface area contributed by atoms with Crippen LogP contribution in [0.15, 0.2) is 0 Å². The van der Waals surface area contributed by atoms with Gasteiger partial charge in [-0.25, -0.2) is 0 Å². The minimum atomic E-state index is -1.31. The SMILES string of the molecule is CC1(C)OCC(C(C)(N)O)O1. The van der Waals surface area contributed by atoms with E-state index in [1.54, 1.807) is 13.8 Å². The summed E-state index contributed by atoms with van der Waals surface area (Å²) in [5.74, 6) is -0.617. The lowest BCUT2D eigenvalue weighted by Crippen LogP contribution is -2.49. The smallest absolute Gasteiger partial charge is 0.163 e. The molecule has 1 aliphatic rings. The van der Waals surface area contributed by atoms with E-state index in [0.717, 1.165) is 0 Å². The lowest BCUT2D eigenvalue weighted by atomic mass is 10.1. The van der Waals surface area contributed by atoms with Gasteiger partial charge >= 0.3 is 0 Å². The van der Waals surface area contributed by atoms with E-state index in [9.17, 15) is 5.11 Å². The van der Waals surface area contributed by atoms with Gasteiger partial charge in [-0.05, 0) is 20.8 Å². The molecule has 0 amide bonds. The Hall–Kier alpha value is -0.160. The van der Waals surface area contributed by atoms with Crippen molar-refractivity contribution in [2.45, 2.75) is 38.4 Å². The highest BCUT2D eigenvalue weighted by Gasteiger charge is 2.40. The Morgan fingerprint density at radius 1 is 1.64 bits per heavy atom. The van der Waals surface area contributed by atoms with E-state index in [1.165, 1.54) is 6.92 Å². The third-order valence-electron chi connectivity index (χ3n) is 1.66. The van der Waals surface area contributed by atoms with Crippen molar-refractivity contribution in [2.75, 3.05) is 6.61 Å². The van der Waals surface area contributed by atoms with Crippen LogP contribution in [0.5, 0.6) is 0 Å². The minimum absolute atomic E-state index is 0.344. The maximum absolute atomic E-state index is 9.32. The molecule has 0 bridgehead atoms. The quantitative estimate of drug-likeness (QED) is 0.523. The highest BCUT2D eigenvalue weighted by Crippen LogP contribution is 2.26. The molecule has 0 aliphatic carbocycles. The Bertz CT molecular complexity index is 150. The molecule has 0 aromatic rings. The van der Waals surface area contributed by atoms with Crippen LogP contribution in [0.4, 0.5) is 0 Å². The third kappa shape index (κ3) is 2.13. The zero-order chi connectivity index (χ0) is 8.70. The zero-order valence-corrected chi connectivity index (χ0v) is 7.13. The van der Waals surface area contributed by atoms with Gasteiger partial charge in [-0.2, -0.15) is 0 Å². The molecule has 11 heavy (non-hydrogen) atoms. The van der Waals surface area contributed by atoms with E-state index in [-0.39, 0.29) is 0 Å². The Balaban J connectivity index is 2.55. The average Bonchev–Trinajstić information content (AvgIpc) is 2.07. The van der Waals surface area contributed by atoms with Crippen LogP contribution in [0.3, 0.4) is 0 Å². The average molecular weight is 161 g/mol. The van der Waals surface area contributed by atoms with Crippen LogP contribution in [-0.2, 0) is 9.47 Å². The fraction of sp³-hybridized carbons (Fsp3) is 1.00. The second-order valence-corrected chi connectivity index (χ2v) is 3.54. The molecule has 1 heterocycles. The normalized spacial score (nSPS) is 35.2. The van der Waals surface area contributed by atoms with Crippen LogP contribution in [0, 0.1) is 0 Å². The van der Waals surface area contributed by atoms with Crippen LogP contribution in [0.1, 0.15) is 20.8 Å². The largest absolute Gasteiger partial charge is 0.374 e. The van der Waals surface area contributed by atoms with Gasteiger partial charge in [0.25, 0.3) is 0 Å². The molecule has 0 spiro atoms. The van der Waals surface area contributed by atoms with Gasteiger partial charge in [-0.1, -0.05) is 0 Å². The van der Waals surface area contributed by atoms with Gasteiger partial charge in [0.05, 0.1) is 6.61 Å². The number of rotatable bonds is 1. The first-order valence-corrected chi connectivity index (χ1v) is 3.64. The van der Waals surface area contributed by atoms with Gasteiger partial charge in [-0.3, -0.25) is 0 Å². The topological polar surface area (TPSA) is 64.7 Å². The summed E-state index contributed by atoms with van der Waals surface area (Å²) in [5.41, 5.74) is 4.10. The fourth-order valence-corrected chi connectivity index (χ4v) is 0.975. The molecule has 2 unspecified atom stereocenters. The van der Waals surface area contributed by atoms with Crippen LogP contribution in [-0.4, -0.2) is 29.3 Å². The molecular formula is C7H15NO3. The van der Waals surface area contributed by atoms with Crippen LogP contribution in [0.2, 0.25) is 0 Å². The summed E-state index contributed by atoms with van der Waals surface area (Å²) in [7, 11) is 0. The predicted molar refractivity (Wildman–Crippen MR) is 39.7 cm³/mol. The van der Waals surface area contributed by atoms with E-state index >= 15 is 0 Å². The molecule has 1 rings (SSSR count). The van der Waals surface area contributed by atoms with Crippen molar-refractivity contribution in [3.8, 4) is 0 Å². The lowest BCUT2D eigenvalue weighted by molar-refractivity contribution is -0.165. The molecule has 2 atom stereocenters. The van der Waals surface area contributed by atoms with E-state index in [2.05, 4.69) is 0 Å². The molecule has 4 nitrogen and oxygen atoms in total. The molecule has 1 aliphatic heterocycles. The summed E-state index contributed by atoms with van der Waals surface area (Å²) in [4.78, 5) is 0. The summed E-state index contributed by atoms with van der Waals surface area (Å²) >= 11 is 0.